The molecular weight excluding hydrogens is 360 g/mol. The molecule has 0 unspecified atom stereocenters. The molecule has 1 heterocycles. The maximum absolute atomic E-state index is 13.0. The van der Waals surface area contributed by atoms with E-state index in [0.717, 1.165) is 11.1 Å². The molecule has 27 heavy (non-hydrogen) atoms. The predicted molar refractivity (Wildman–Crippen MR) is 108 cm³/mol. The SMILES string of the molecule is Cc1oc2cc(OCc3ccccc3)ccc2c(=O)c1-c1ccc(Cl)cc1. The van der Waals surface area contributed by atoms with E-state index in [1.807, 2.05) is 42.5 Å². The van der Waals surface area contributed by atoms with Gasteiger partial charge in [0.25, 0.3) is 0 Å². The first kappa shape index (κ1) is 17.4. The molecule has 0 aliphatic rings. The Morgan fingerprint density at radius 2 is 1.70 bits per heavy atom. The van der Waals surface area contributed by atoms with Gasteiger partial charge in [0.1, 0.15) is 23.7 Å². The Bertz CT molecular complexity index is 1150. The fraction of sp³-hybridized carbons (Fsp3) is 0.0870. The highest BCUT2D eigenvalue weighted by molar-refractivity contribution is 6.30. The second-order valence-corrected chi connectivity index (χ2v) is 6.74. The standard InChI is InChI=1S/C23H17ClO3/c1-15-22(17-7-9-18(24)10-8-17)23(25)20-12-11-19(13-21(20)27-15)26-14-16-5-3-2-4-6-16/h2-13H,14H2,1H3. The maximum Gasteiger partial charge on any atom is 0.200 e. The van der Waals surface area contributed by atoms with Crippen LogP contribution in [0.1, 0.15) is 11.3 Å². The zero-order valence-corrected chi connectivity index (χ0v) is 15.5. The summed E-state index contributed by atoms with van der Waals surface area (Å²) in [5.74, 6) is 1.23. The minimum Gasteiger partial charge on any atom is -0.489 e. The van der Waals surface area contributed by atoms with Crippen molar-refractivity contribution in [1.29, 1.82) is 0 Å². The molecule has 0 spiro atoms. The van der Waals surface area contributed by atoms with Gasteiger partial charge < -0.3 is 9.15 Å². The molecule has 3 nitrogen and oxygen atoms in total. The topological polar surface area (TPSA) is 39.4 Å². The largest absolute Gasteiger partial charge is 0.489 e. The summed E-state index contributed by atoms with van der Waals surface area (Å²) in [7, 11) is 0. The maximum atomic E-state index is 13.0. The molecule has 4 aromatic rings. The van der Waals surface area contributed by atoms with Crippen LogP contribution in [0, 0.1) is 6.92 Å². The van der Waals surface area contributed by atoms with E-state index in [4.69, 9.17) is 20.8 Å². The van der Waals surface area contributed by atoms with Crippen LogP contribution in [0.4, 0.5) is 0 Å². The number of halogens is 1. The fourth-order valence-electron chi connectivity index (χ4n) is 3.07. The van der Waals surface area contributed by atoms with Crippen LogP contribution in [0.3, 0.4) is 0 Å². The van der Waals surface area contributed by atoms with E-state index in [2.05, 4.69) is 0 Å². The zero-order chi connectivity index (χ0) is 18.8. The molecule has 134 valence electrons. The molecule has 1 aromatic heterocycles. The normalized spacial score (nSPS) is 10.9. The lowest BCUT2D eigenvalue weighted by Crippen LogP contribution is -2.07. The Hall–Kier alpha value is -3.04. The van der Waals surface area contributed by atoms with Crippen molar-refractivity contribution >= 4 is 22.6 Å². The Morgan fingerprint density at radius 1 is 0.963 bits per heavy atom. The van der Waals surface area contributed by atoms with Gasteiger partial charge in [0.05, 0.1) is 10.9 Å². The Balaban J connectivity index is 1.70. The van der Waals surface area contributed by atoms with E-state index in [9.17, 15) is 4.79 Å². The first-order valence-electron chi connectivity index (χ1n) is 8.62. The van der Waals surface area contributed by atoms with Crippen LogP contribution in [0.25, 0.3) is 22.1 Å². The third-order valence-corrected chi connectivity index (χ3v) is 4.67. The molecule has 4 rings (SSSR count). The van der Waals surface area contributed by atoms with Crippen molar-refractivity contribution in [3.8, 4) is 16.9 Å². The van der Waals surface area contributed by atoms with Gasteiger partial charge in [-0.2, -0.15) is 0 Å². The molecule has 0 bridgehead atoms. The summed E-state index contributed by atoms with van der Waals surface area (Å²) in [5, 5.41) is 1.15. The summed E-state index contributed by atoms with van der Waals surface area (Å²) in [4.78, 5) is 13.0. The van der Waals surface area contributed by atoms with Crippen LogP contribution < -0.4 is 10.2 Å². The lowest BCUT2D eigenvalue weighted by atomic mass is 10.0. The van der Waals surface area contributed by atoms with Gasteiger partial charge in [-0.3, -0.25) is 4.79 Å². The van der Waals surface area contributed by atoms with E-state index < -0.39 is 0 Å². The first-order valence-corrected chi connectivity index (χ1v) is 9.00. The van der Waals surface area contributed by atoms with Crippen LogP contribution in [-0.4, -0.2) is 0 Å². The van der Waals surface area contributed by atoms with Gasteiger partial charge >= 0.3 is 0 Å². The number of hydrogen-bond acceptors (Lipinski definition) is 3. The average molecular weight is 377 g/mol. The number of hydrogen-bond donors (Lipinski definition) is 0. The fourth-order valence-corrected chi connectivity index (χ4v) is 3.19. The third-order valence-electron chi connectivity index (χ3n) is 4.42. The van der Waals surface area contributed by atoms with Crippen molar-refractivity contribution in [2.24, 2.45) is 0 Å². The highest BCUT2D eigenvalue weighted by atomic mass is 35.5. The van der Waals surface area contributed by atoms with Gasteiger partial charge in [0.15, 0.2) is 0 Å². The second kappa shape index (κ2) is 7.29. The molecule has 3 aromatic carbocycles. The van der Waals surface area contributed by atoms with Crippen molar-refractivity contribution in [2.45, 2.75) is 13.5 Å². The van der Waals surface area contributed by atoms with Crippen LogP contribution in [0.2, 0.25) is 5.02 Å². The van der Waals surface area contributed by atoms with Gasteiger partial charge in [-0.05, 0) is 42.3 Å². The molecule has 0 fully saturated rings. The van der Waals surface area contributed by atoms with E-state index >= 15 is 0 Å². The number of rotatable bonds is 4. The highest BCUT2D eigenvalue weighted by Crippen LogP contribution is 2.27. The number of benzene rings is 3. The summed E-state index contributed by atoms with van der Waals surface area (Å²) in [6.45, 7) is 2.25. The van der Waals surface area contributed by atoms with Crippen molar-refractivity contribution in [3.05, 3.63) is 99.4 Å². The smallest absolute Gasteiger partial charge is 0.200 e. The van der Waals surface area contributed by atoms with Crippen LogP contribution >= 0.6 is 11.6 Å². The van der Waals surface area contributed by atoms with E-state index in [1.165, 1.54) is 0 Å². The molecule has 0 atom stereocenters. The summed E-state index contributed by atoms with van der Waals surface area (Å²) in [5.41, 5.74) is 2.87. The van der Waals surface area contributed by atoms with Gasteiger partial charge in [0.2, 0.25) is 5.43 Å². The van der Waals surface area contributed by atoms with Crippen molar-refractivity contribution in [3.63, 3.8) is 0 Å². The quantitative estimate of drug-likeness (QED) is 0.438. The van der Waals surface area contributed by atoms with Crippen LogP contribution in [-0.2, 0) is 6.61 Å². The van der Waals surface area contributed by atoms with Crippen molar-refractivity contribution in [1.82, 2.24) is 0 Å². The molecule has 0 amide bonds. The monoisotopic (exact) mass is 376 g/mol. The van der Waals surface area contributed by atoms with Gasteiger partial charge in [-0.25, -0.2) is 0 Å². The third kappa shape index (κ3) is 3.60. The number of ether oxygens (including phenoxy) is 1. The molecule has 4 heteroatoms. The number of aryl methyl sites for hydroxylation is 1. The molecular formula is C23H17ClO3. The highest BCUT2D eigenvalue weighted by Gasteiger charge is 2.14. The first-order chi connectivity index (χ1) is 13.1. The summed E-state index contributed by atoms with van der Waals surface area (Å²) in [6.07, 6.45) is 0. The van der Waals surface area contributed by atoms with E-state index in [1.54, 1.807) is 37.3 Å². The van der Waals surface area contributed by atoms with Crippen molar-refractivity contribution < 1.29 is 9.15 Å². The Labute approximate surface area is 161 Å². The Morgan fingerprint density at radius 3 is 2.44 bits per heavy atom. The zero-order valence-electron chi connectivity index (χ0n) is 14.7. The summed E-state index contributed by atoms with van der Waals surface area (Å²) in [6, 6.07) is 22.4. The molecule has 0 saturated carbocycles. The minimum absolute atomic E-state index is 0.0642. The van der Waals surface area contributed by atoms with Gasteiger partial charge in [-0.1, -0.05) is 54.1 Å². The van der Waals surface area contributed by atoms with Crippen LogP contribution in [0.15, 0.2) is 82.0 Å². The van der Waals surface area contributed by atoms with E-state index in [-0.39, 0.29) is 5.43 Å². The Kier molecular flexibility index (Phi) is 4.69. The second-order valence-electron chi connectivity index (χ2n) is 6.30. The average Bonchev–Trinajstić information content (AvgIpc) is 2.68. The minimum atomic E-state index is -0.0642. The number of fused-ring (bicyclic) bond motifs is 1. The molecule has 0 aliphatic heterocycles. The predicted octanol–water partition coefficient (Wildman–Crippen LogP) is 6.00. The molecule has 0 aliphatic carbocycles. The molecule has 0 N–H and O–H groups in total. The van der Waals surface area contributed by atoms with E-state index in [0.29, 0.717) is 39.7 Å². The van der Waals surface area contributed by atoms with Crippen molar-refractivity contribution in [2.75, 3.05) is 0 Å². The lowest BCUT2D eigenvalue weighted by Gasteiger charge is -2.10. The lowest BCUT2D eigenvalue weighted by molar-refractivity contribution is 0.306. The van der Waals surface area contributed by atoms with Gasteiger partial charge in [-0.15, -0.1) is 0 Å². The summed E-state index contributed by atoms with van der Waals surface area (Å²) < 4.78 is 11.8. The van der Waals surface area contributed by atoms with Gasteiger partial charge in [0, 0.05) is 11.1 Å². The summed E-state index contributed by atoms with van der Waals surface area (Å²) >= 11 is 5.95. The van der Waals surface area contributed by atoms with Crippen LogP contribution in [0.5, 0.6) is 5.75 Å². The molecule has 0 saturated heterocycles. The molecule has 0 radical (unpaired) electrons.